The maximum absolute atomic E-state index is 5.56. The summed E-state index contributed by atoms with van der Waals surface area (Å²) in [4.78, 5) is 4.50. The van der Waals surface area contributed by atoms with Crippen LogP contribution in [0.25, 0.3) is 0 Å². The van der Waals surface area contributed by atoms with E-state index in [0.29, 0.717) is 5.90 Å². The number of para-hydroxylation sites is 1. The average Bonchev–Trinajstić information content (AvgIpc) is 2.82. The van der Waals surface area contributed by atoms with Crippen molar-refractivity contribution in [1.29, 1.82) is 0 Å². The third-order valence-electron chi connectivity index (χ3n) is 3.12. The van der Waals surface area contributed by atoms with E-state index in [4.69, 9.17) is 14.2 Å². The van der Waals surface area contributed by atoms with Gasteiger partial charge in [-0.3, -0.25) is 0 Å². The van der Waals surface area contributed by atoms with Gasteiger partial charge in [-0.05, 0) is 12.1 Å². The zero-order chi connectivity index (χ0) is 11.8. The first-order valence-electron chi connectivity index (χ1n) is 5.46. The maximum Gasteiger partial charge on any atom is 0.204 e. The summed E-state index contributed by atoms with van der Waals surface area (Å²) in [6, 6.07) is 5.85. The minimum Gasteiger partial charge on any atom is -0.494 e. The van der Waals surface area contributed by atoms with Gasteiger partial charge in [-0.2, -0.15) is 0 Å². The average molecular weight is 231 g/mol. The van der Waals surface area contributed by atoms with Crippen molar-refractivity contribution in [3.63, 3.8) is 0 Å². The fraction of sp³-hybridized carbons (Fsp3) is 0.308. The van der Waals surface area contributed by atoms with Gasteiger partial charge in [0.1, 0.15) is 11.4 Å². The van der Waals surface area contributed by atoms with Crippen molar-refractivity contribution in [3.8, 4) is 5.75 Å². The predicted molar refractivity (Wildman–Crippen MR) is 63.6 cm³/mol. The van der Waals surface area contributed by atoms with E-state index in [2.05, 4.69) is 4.99 Å². The lowest BCUT2D eigenvalue weighted by Gasteiger charge is -2.27. The van der Waals surface area contributed by atoms with Gasteiger partial charge in [-0.1, -0.05) is 12.1 Å². The topological polar surface area (TPSA) is 40.0 Å². The highest BCUT2D eigenvalue weighted by Crippen LogP contribution is 2.45. The summed E-state index contributed by atoms with van der Waals surface area (Å²) in [6.07, 6.45) is 3.56. The molecule has 1 aromatic rings. The molecule has 2 heterocycles. The molecule has 2 aliphatic heterocycles. The molecule has 0 unspecified atom stereocenters. The van der Waals surface area contributed by atoms with Crippen molar-refractivity contribution in [2.45, 2.75) is 6.10 Å². The molecule has 3 rings (SSSR count). The van der Waals surface area contributed by atoms with Crippen LogP contribution in [0.15, 0.2) is 35.5 Å². The van der Waals surface area contributed by atoms with Gasteiger partial charge in [0.25, 0.3) is 0 Å². The van der Waals surface area contributed by atoms with Gasteiger partial charge in [0.2, 0.25) is 5.90 Å². The van der Waals surface area contributed by atoms with Crippen LogP contribution in [0.5, 0.6) is 5.75 Å². The largest absolute Gasteiger partial charge is 0.494 e. The van der Waals surface area contributed by atoms with Gasteiger partial charge in [0.15, 0.2) is 0 Å². The molecule has 2 atom stereocenters. The standard InChI is InChI=1S/C13H13NO3/c1-15-10-5-3-4-8-11(10)14-13-9(6-7-17-13)12(8)16-2/h3-7,9,12H,1-2H3/t9-,12+/m1/s1. The fourth-order valence-corrected chi connectivity index (χ4v) is 2.32. The Morgan fingerprint density at radius 3 is 2.94 bits per heavy atom. The highest BCUT2D eigenvalue weighted by molar-refractivity contribution is 5.90. The quantitative estimate of drug-likeness (QED) is 0.785. The van der Waals surface area contributed by atoms with Crippen LogP contribution in [0.1, 0.15) is 11.7 Å². The summed E-state index contributed by atoms with van der Waals surface area (Å²) in [5.74, 6) is 1.49. The first-order valence-corrected chi connectivity index (χ1v) is 5.46. The summed E-state index contributed by atoms with van der Waals surface area (Å²) >= 11 is 0. The SMILES string of the molecule is COc1cccc2c1N=C1OC=C[C@@H]1[C@H]2OC. The van der Waals surface area contributed by atoms with Crippen molar-refractivity contribution in [2.24, 2.45) is 10.9 Å². The Kier molecular flexibility index (Phi) is 2.37. The second kappa shape index (κ2) is 3.89. The van der Waals surface area contributed by atoms with Crippen LogP contribution in [0.2, 0.25) is 0 Å². The second-order valence-corrected chi connectivity index (χ2v) is 3.98. The number of hydrogen-bond donors (Lipinski definition) is 0. The van der Waals surface area contributed by atoms with E-state index in [-0.39, 0.29) is 12.0 Å². The molecule has 0 amide bonds. The van der Waals surface area contributed by atoms with Gasteiger partial charge in [0.05, 0.1) is 25.4 Å². The van der Waals surface area contributed by atoms with E-state index >= 15 is 0 Å². The van der Waals surface area contributed by atoms with Crippen molar-refractivity contribution < 1.29 is 14.2 Å². The molecule has 88 valence electrons. The smallest absolute Gasteiger partial charge is 0.204 e. The van der Waals surface area contributed by atoms with Gasteiger partial charge in [-0.25, -0.2) is 4.99 Å². The molecule has 0 radical (unpaired) electrons. The summed E-state index contributed by atoms with van der Waals surface area (Å²) in [5.41, 5.74) is 1.84. The Bertz CT molecular complexity index is 507. The number of fused-ring (bicyclic) bond motifs is 2. The number of benzene rings is 1. The van der Waals surface area contributed by atoms with E-state index in [1.165, 1.54) is 0 Å². The summed E-state index contributed by atoms with van der Waals surface area (Å²) < 4.78 is 16.3. The molecule has 0 saturated carbocycles. The fourth-order valence-electron chi connectivity index (χ4n) is 2.32. The first kappa shape index (κ1) is 10.4. The number of methoxy groups -OCH3 is 2. The van der Waals surface area contributed by atoms with Crippen molar-refractivity contribution in [3.05, 3.63) is 36.1 Å². The Morgan fingerprint density at radius 2 is 2.18 bits per heavy atom. The number of aliphatic imine (C=N–C) groups is 1. The van der Waals surface area contributed by atoms with E-state index in [1.807, 2.05) is 24.3 Å². The third kappa shape index (κ3) is 1.45. The highest BCUT2D eigenvalue weighted by atomic mass is 16.5. The van der Waals surface area contributed by atoms with Gasteiger partial charge < -0.3 is 14.2 Å². The van der Waals surface area contributed by atoms with E-state index in [9.17, 15) is 0 Å². The monoisotopic (exact) mass is 231 g/mol. The minimum atomic E-state index is -0.0636. The lowest BCUT2D eigenvalue weighted by Crippen LogP contribution is -2.23. The molecule has 17 heavy (non-hydrogen) atoms. The third-order valence-corrected chi connectivity index (χ3v) is 3.12. The molecular formula is C13H13NO3. The van der Waals surface area contributed by atoms with Gasteiger partial charge in [-0.15, -0.1) is 0 Å². The van der Waals surface area contributed by atoms with Crippen LogP contribution >= 0.6 is 0 Å². The Labute approximate surface area is 99.5 Å². The molecule has 0 bridgehead atoms. The summed E-state index contributed by atoms with van der Waals surface area (Å²) in [5, 5.41) is 0. The molecule has 0 N–H and O–H groups in total. The molecule has 0 aromatic heterocycles. The van der Waals surface area contributed by atoms with Gasteiger partial charge in [0, 0.05) is 12.7 Å². The van der Waals surface area contributed by atoms with Crippen molar-refractivity contribution >= 4 is 11.6 Å². The molecule has 0 saturated heterocycles. The van der Waals surface area contributed by atoms with Crippen LogP contribution in [-0.4, -0.2) is 20.1 Å². The summed E-state index contributed by atoms with van der Waals surface area (Å²) in [6.45, 7) is 0. The number of ether oxygens (including phenoxy) is 3. The summed E-state index contributed by atoms with van der Waals surface area (Å²) in [7, 11) is 3.33. The number of nitrogens with zero attached hydrogens (tertiary/aromatic N) is 1. The Morgan fingerprint density at radius 1 is 1.29 bits per heavy atom. The molecule has 0 aliphatic carbocycles. The van der Waals surface area contributed by atoms with Crippen LogP contribution in [0.3, 0.4) is 0 Å². The second-order valence-electron chi connectivity index (χ2n) is 3.98. The van der Waals surface area contributed by atoms with E-state index < -0.39 is 0 Å². The van der Waals surface area contributed by atoms with Crippen molar-refractivity contribution in [2.75, 3.05) is 14.2 Å². The Balaban J connectivity index is 2.18. The molecule has 2 aliphatic rings. The highest BCUT2D eigenvalue weighted by Gasteiger charge is 2.36. The van der Waals surface area contributed by atoms with E-state index in [0.717, 1.165) is 17.0 Å². The van der Waals surface area contributed by atoms with Gasteiger partial charge >= 0.3 is 0 Å². The molecule has 1 aromatic carbocycles. The van der Waals surface area contributed by atoms with Crippen LogP contribution in [0, 0.1) is 5.92 Å². The molecule has 4 heteroatoms. The van der Waals surface area contributed by atoms with Crippen LogP contribution in [0.4, 0.5) is 5.69 Å². The van der Waals surface area contributed by atoms with Crippen LogP contribution < -0.4 is 4.74 Å². The molecule has 0 spiro atoms. The van der Waals surface area contributed by atoms with Crippen molar-refractivity contribution in [1.82, 2.24) is 0 Å². The zero-order valence-electron chi connectivity index (χ0n) is 9.71. The molecule has 4 nitrogen and oxygen atoms in total. The van der Waals surface area contributed by atoms with Crippen LogP contribution in [-0.2, 0) is 9.47 Å². The maximum atomic E-state index is 5.56. The Hall–Kier alpha value is -1.81. The number of hydrogen-bond acceptors (Lipinski definition) is 4. The molecular weight excluding hydrogens is 218 g/mol. The molecule has 0 fully saturated rings. The van der Waals surface area contributed by atoms with E-state index in [1.54, 1.807) is 20.5 Å². The normalized spacial score (nSPS) is 24.7. The predicted octanol–water partition coefficient (Wildman–Crippen LogP) is 2.59. The number of rotatable bonds is 2. The zero-order valence-corrected chi connectivity index (χ0v) is 9.71. The first-order chi connectivity index (χ1) is 8.35. The lowest BCUT2D eigenvalue weighted by atomic mass is 9.92. The minimum absolute atomic E-state index is 0.0636. The lowest BCUT2D eigenvalue weighted by molar-refractivity contribution is 0.0846.